The SMILES string of the molecule is CC(=O)NC1C(OCCCCCCNC(=O)CC(=O)NCOC(C)C)OC(Cn2cc(CC(C)C)nn2)C(O)C1O. The van der Waals surface area contributed by atoms with Gasteiger partial charge in [-0.3, -0.25) is 14.4 Å². The van der Waals surface area contributed by atoms with Gasteiger partial charge in [0.25, 0.3) is 0 Å². The summed E-state index contributed by atoms with van der Waals surface area (Å²) in [5.74, 6) is -0.692. The highest BCUT2D eigenvalue weighted by Crippen LogP contribution is 2.24. The van der Waals surface area contributed by atoms with Gasteiger partial charge in [-0.05, 0) is 39.0 Å². The van der Waals surface area contributed by atoms with Gasteiger partial charge in [0.05, 0.1) is 18.3 Å². The second-order valence-electron chi connectivity index (χ2n) is 11.1. The minimum Gasteiger partial charge on any atom is -0.388 e. The Balaban J connectivity index is 1.73. The Morgan fingerprint density at radius 2 is 1.76 bits per heavy atom. The van der Waals surface area contributed by atoms with Gasteiger partial charge >= 0.3 is 0 Å². The topological polar surface area (TPSA) is 186 Å². The number of ether oxygens (including phenoxy) is 3. The van der Waals surface area contributed by atoms with Gasteiger partial charge in [-0.2, -0.15) is 0 Å². The van der Waals surface area contributed by atoms with E-state index in [1.807, 2.05) is 13.8 Å². The van der Waals surface area contributed by atoms with Crippen LogP contribution in [0, 0.1) is 5.92 Å². The zero-order valence-corrected chi connectivity index (χ0v) is 24.9. The van der Waals surface area contributed by atoms with Crippen LogP contribution in [0.1, 0.15) is 72.4 Å². The Bertz CT molecular complexity index is 943. The lowest BCUT2D eigenvalue weighted by Gasteiger charge is -2.42. The lowest BCUT2D eigenvalue weighted by Crippen LogP contribution is -2.64. The van der Waals surface area contributed by atoms with Crippen molar-refractivity contribution in [3.63, 3.8) is 0 Å². The number of nitrogens with zero attached hydrogens (tertiary/aromatic N) is 3. The number of unbranched alkanes of at least 4 members (excludes halogenated alkanes) is 3. The molecule has 2 heterocycles. The van der Waals surface area contributed by atoms with E-state index < -0.39 is 30.6 Å². The molecular formula is C27H48N6O8. The average molecular weight is 585 g/mol. The molecule has 0 aliphatic carbocycles. The number of rotatable bonds is 18. The summed E-state index contributed by atoms with van der Waals surface area (Å²) in [7, 11) is 0. The van der Waals surface area contributed by atoms with Crippen LogP contribution in [0.25, 0.3) is 0 Å². The highest BCUT2D eigenvalue weighted by molar-refractivity contribution is 5.96. The summed E-state index contributed by atoms with van der Waals surface area (Å²) in [4.78, 5) is 35.3. The van der Waals surface area contributed by atoms with Crippen molar-refractivity contribution in [1.82, 2.24) is 30.9 Å². The number of nitrogens with one attached hydrogen (secondary N) is 3. The second kappa shape index (κ2) is 18.0. The molecule has 2 rings (SSSR count). The zero-order valence-electron chi connectivity index (χ0n) is 24.9. The summed E-state index contributed by atoms with van der Waals surface area (Å²) < 4.78 is 18.7. The molecule has 3 amide bonds. The van der Waals surface area contributed by atoms with E-state index in [0.29, 0.717) is 25.5 Å². The van der Waals surface area contributed by atoms with E-state index in [1.165, 1.54) is 6.92 Å². The predicted octanol–water partition coefficient (Wildman–Crippen LogP) is 0.0100. The van der Waals surface area contributed by atoms with Crippen LogP contribution in [0.15, 0.2) is 6.20 Å². The monoisotopic (exact) mass is 584 g/mol. The summed E-state index contributed by atoms with van der Waals surface area (Å²) in [6.07, 6.45) is 1.03. The number of carbonyl (C=O) groups is 3. The number of aliphatic hydroxyl groups excluding tert-OH is 2. The molecule has 5 unspecified atom stereocenters. The lowest BCUT2D eigenvalue weighted by atomic mass is 9.96. The zero-order chi connectivity index (χ0) is 30.4. The van der Waals surface area contributed by atoms with Crippen LogP contribution in [0.2, 0.25) is 0 Å². The first-order valence-corrected chi connectivity index (χ1v) is 14.4. The van der Waals surface area contributed by atoms with E-state index in [1.54, 1.807) is 10.9 Å². The van der Waals surface area contributed by atoms with Crippen molar-refractivity contribution < 1.29 is 38.8 Å². The van der Waals surface area contributed by atoms with Crippen LogP contribution in [0.3, 0.4) is 0 Å². The minimum absolute atomic E-state index is 0.00622. The van der Waals surface area contributed by atoms with Crippen LogP contribution in [0.5, 0.6) is 0 Å². The molecular weight excluding hydrogens is 536 g/mol. The van der Waals surface area contributed by atoms with Crippen LogP contribution in [0.4, 0.5) is 0 Å². The third-order valence-corrected chi connectivity index (χ3v) is 6.32. The third kappa shape index (κ3) is 13.3. The predicted molar refractivity (Wildman–Crippen MR) is 148 cm³/mol. The standard InChI is InChI=1S/C27H48N6O8/c1-17(2)12-20-14-33(32-31-20)15-21-25(37)26(38)24(30-19(5)34)27(41-21)39-11-9-7-6-8-10-28-22(35)13-23(36)29-16-40-18(3)4/h14,17-18,21,24-27,37-38H,6-13,15-16H2,1-5H3,(H,28,35)(H,29,36)(H,30,34). The van der Waals surface area contributed by atoms with Crippen molar-refractivity contribution in [2.24, 2.45) is 5.92 Å². The van der Waals surface area contributed by atoms with Gasteiger partial charge in [0.1, 0.15) is 37.5 Å². The molecule has 5 atom stereocenters. The number of hydrogen-bond donors (Lipinski definition) is 5. The van der Waals surface area contributed by atoms with E-state index in [2.05, 4.69) is 40.1 Å². The smallest absolute Gasteiger partial charge is 0.231 e. The summed E-state index contributed by atoms with van der Waals surface area (Å²) in [6.45, 7) is 10.2. The first-order valence-electron chi connectivity index (χ1n) is 14.4. The summed E-state index contributed by atoms with van der Waals surface area (Å²) in [6, 6.07) is -0.935. The molecule has 1 aliphatic rings. The van der Waals surface area contributed by atoms with E-state index in [4.69, 9.17) is 14.2 Å². The normalized spacial score (nSPS) is 22.6. The summed E-state index contributed by atoms with van der Waals surface area (Å²) in [5, 5.41) is 37.6. The first-order chi connectivity index (χ1) is 19.5. The van der Waals surface area contributed by atoms with Crippen molar-refractivity contribution in [3.8, 4) is 0 Å². The molecule has 1 saturated heterocycles. The van der Waals surface area contributed by atoms with Gasteiger partial charge in [-0.15, -0.1) is 5.10 Å². The van der Waals surface area contributed by atoms with Gasteiger partial charge in [-0.25, -0.2) is 4.68 Å². The van der Waals surface area contributed by atoms with Crippen LogP contribution in [-0.2, 0) is 41.6 Å². The molecule has 5 N–H and O–H groups in total. The number of aliphatic hydroxyl groups is 2. The molecule has 0 aromatic carbocycles. The van der Waals surface area contributed by atoms with Crippen molar-refractivity contribution in [3.05, 3.63) is 11.9 Å². The van der Waals surface area contributed by atoms with Crippen molar-refractivity contribution in [2.75, 3.05) is 19.9 Å². The molecule has 234 valence electrons. The van der Waals surface area contributed by atoms with Crippen LogP contribution < -0.4 is 16.0 Å². The highest BCUT2D eigenvalue weighted by Gasteiger charge is 2.45. The third-order valence-electron chi connectivity index (χ3n) is 6.32. The number of amides is 3. The Morgan fingerprint density at radius 3 is 2.44 bits per heavy atom. The number of carbonyl (C=O) groups excluding carboxylic acids is 3. The molecule has 14 heteroatoms. The molecule has 0 bridgehead atoms. The van der Waals surface area contributed by atoms with Gasteiger partial charge in [-0.1, -0.05) is 31.9 Å². The average Bonchev–Trinajstić information content (AvgIpc) is 3.31. The number of hydrogen-bond acceptors (Lipinski definition) is 10. The molecule has 1 aromatic rings. The maximum absolute atomic E-state index is 11.9. The van der Waals surface area contributed by atoms with Crippen molar-refractivity contribution in [2.45, 2.75) is 116 Å². The molecule has 1 aromatic heterocycles. The Morgan fingerprint density at radius 1 is 1.05 bits per heavy atom. The van der Waals surface area contributed by atoms with E-state index in [-0.39, 0.29) is 43.5 Å². The van der Waals surface area contributed by atoms with Crippen LogP contribution >= 0.6 is 0 Å². The lowest BCUT2D eigenvalue weighted by molar-refractivity contribution is -0.267. The molecule has 0 saturated carbocycles. The van der Waals surface area contributed by atoms with E-state index in [9.17, 15) is 24.6 Å². The summed E-state index contributed by atoms with van der Waals surface area (Å²) >= 11 is 0. The van der Waals surface area contributed by atoms with E-state index in [0.717, 1.165) is 31.4 Å². The van der Waals surface area contributed by atoms with Crippen molar-refractivity contribution >= 4 is 17.7 Å². The van der Waals surface area contributed by atoms with Gasteiger partial charge in [0.15, 0.2) is 6.29 Å². The van der Waals surface area contributed by atoms with Gasteiger partial charge < -0.3 is 40.4 Å². The maximum atomic E-state index is 11.9. The fraction of sp³-hybridized carbons (Fsp3) is 0.815. The first kappa shape index (κ1) is 34.6. The second-order valence-corrected chi connectivity index (χ2v) is 11.1. The quantitative estimate of drug-likeness (QED) is 0.0894. The highest BCUT2D eigenvalue weighted by atomic mass is 16.7. The fourth-order valence-electron chi connectivity index (χ4n) is 4.30. The van der Waals surface area contributed by atoms with Gasteiger partial charge in [0.2, 0.25) is 17.7 Å². The molecule has 0 radical (unpaired) electrons. The van der Waals surface area contributed by atoms with Crippen molar-refractivity contribution in [1.29, 1.82) is 0 Å². The maximum Gasteiger partial charge on any atom is 0.231 e. The van der Waals surface area contributed by atoms with Gasteiger partial charge in [0, 0.05) is 26.3 Å². The largest absolute Gasteiger partial charge is 0.388 e. The Hall–Kier alpha value is -2.65. The summed E-state index contributed by atoms with van der Waals surface area (Å²) in [5.41, 5.74) is 0.826. The minimum atomic E-state index is -1.30. The Kier molecular flexibility index (Phi) is 15.2. The Labute approximate surface area is 241 Å². The molecule has 0 spiro atoms. The number of aromatic nitrogens is 3. The molecule has 41 heavy (non-hydrogen) atoms. The van der Waals surface area contributed by atoms with E-state index >= 15 is 0 Å². The molecule has 1 aliphatic heterocycles. The fourth-order valence-corrected chi connectivity index (χ4v) is 4.30. The molecule has 14 nitrogen and oxygen atoms in total. The van der Waals surface area contributed by atoms with Crippen LogP contribution in [-0.4, -0.2) is 99.6 Å². The molecule has 1 fully saturated rings.